The number of methoxy groups -OCH3 is 1. The van der Waals surface area contributed by atoms with Gasteiger partial charge in [-0.3, -0.25) is 4.39 Å². The Morgan fingerprint density at radius 3 is 2.18 bits per heavy atom. The van der Waals surface area contributed by atoms with Crippen molar-refractivity contribution in [3.8, 4) is 0 Å². The molecule has 1 aromatic carbocycles. The monoisotopic (exact) mass is 311 g/mol. The van der Waals surface area contributed by atoms with Gasteiger partial charge in [0.05, 0.1) is 25.4 Å². The summed E-state index contributed by atoms with van der Waals surface area (Å²) in [5, 5.41) is 9.37. The van der Waals surface area contributed by atoms with Gasteiger partial charge in [0.15, 0.2) is 0 Å². The third kappa shape index (κ3) is 7.34. The smallest absolute Gasteiger partial charge is 0.0894 e. The molecule has 22 heavy (non-hydrogen) atoms. The van der Waals surface area contributed by atoms with Gasteiger partial charge < -0.3 is 15.6 Å². The number of hydrogen-bond acceptors (Lipinski definition) is 3. The van der Waals surface area contributed by atoms with E-state index in [9.17, 15) is 9.50 Å². The van der Waals surface area contributed by atoms with E-state index in [1.54, 1.807) is 7.11 Å². The lowest BCUT2D eigenvalue weighted by molar-refractivity contribution is 0.0817. The summed E-state index contributed by atoms with van der Waals surface area (Å²) in [5.41, 5.74) is 7.97. The van der Waals surface area contributed by atoms with Crippen LogP contribution in [0.2, 0.25) is 0 Å². The number of aliphatic hydroxyl groups is 1. The molecule has 0 saturated carbocycles. The van der Waals surface area contributed by atoms with Gasteiger partial charge in [0, 0.05) is 7.11 Å². The molecule has 0 amide bonds. The molecule has 126 valence electrons. The molecular weight excluding hydrogens is 281 g/mol. The Balaban J connectivity index is 2.35. The quantitative estimate of drug-likeness (QED) is 0.583. The van der Waals surface area contributed by atoms with Crippen molar-refractivity contribution in [2.45, 2.75) is 50.5 Å². The minimum atomic E-state index is -0.663. The van der Waals surface area contributed by atoms with Crippen molar-refractivity contribution in [2.24, 2.45) is 5.73 Å². The molecule has 0 radical (unpaired) electrons. The number of halogens is 1. The van der Waals surface area contributed by atoms with E-state index in [1.807, 2.05) is 0 Å². The van der Waals surface area contributed by atoms with E-state index in [0.29, 0.717) is 19.4 Å². The maximum atomic E-state index is 12.0. The number of unbranched alkanes of at least 4 members (excludes halogenated alkanes) is 3. The van der Waals surface area contributed by atoms with Crippen LogP contribution >= 0.6 is 0 Å². The number of nitrogens with two attached hydrogens (primary N) is 1. The number of benzene rings is 1. The highest BCUT2D eigenvalue weighted by Crippen LogP contribution is 2.15. The summed E-state index contributed by atoms with van der Waals surface area (Å²) in [4.78, 5) is 0. The van der Waals surface area contributed by atoms with Gasteiger partial charge in [-0.25, -0.2) is 0 Å². The van der Waals surface area contributed by atoms with Gasteiger partial charge in [-0.15, -0.1) is 0 Å². The Morgan fingerprint density at radius 2 is 1.64 bits per heavy atom. The molecule has 1 unspecified atom stereocenters. The summed E-state index contributed by atoms with van der Waals surface area (Å²) in [5.74, 6) is 0. The Bertz CT molecular complexity index is 397. The summed E-state index contributed by atoms with van der Waals surface area (Å²) in [6, 6.07) is 8.55. The topological polar surface area (TPSA) is 55.5 Å². The maximum absolute atomic E-state index is 12.0. The van der Waals surface area contributed by atoms with Gasteiger partial charge >= 0.3 is 0 Å². The maximum Gasteiger partial charge on any atom is 0.0894 e. The fourth-order valence-electron chi connectivity index (χ4n) is 2.53. The molecule has 0 aliphatic heterocycles. The number of rotatable bonds is 12. The van der Waals surface area contributed by atoms with E-state index in [2.05, 4.69) is 24.3 Å². The molecular formula is C18H30FNO2. The molecule has 0 bridgehead atoms. The number of aliphatic hydroxyl groups excluding tert-OH is 1. The molecule has 0 heterocycles. The summed E-state index contributed by atoms with van der Waals surface area (Å²) in [6.45, 7) is 0.0898. The first kappa shape index (κ1) is 19.1. The van der Waals surface area contributed by atoms with Crippen LogP contribution in [0.1, 0.15) is 43.2 Å². The predicted molar refractivity (Wildman–Crippen MR) is 88.8 cm³/mol. The molecule has 0 saturated heterocycles. The van der Waals surface area contributed by atoms with E-state index in [-0.39, 0.29) is 13.3 Å². The summed E-state index contributed by atoms with van der Waals surface area (Å²) >= 11 is 0. The summed E-state index contributed by atoms with van der Waals surface area (Å²) < 4.78 is 17.1. The number of ether oxygens (including phenoxy) is 1. The Hall–Kier alpha value is -0.970. The first-order valence-electron chi connectivity index (χ1n) is 8.16. The van der Waals surface area contributed by atoms with Gasteiger partial charge in [-0.1, -0.05) is 37.1 Å². The Kier molecular flexibility index (Phi) is 9.28. The minimum absolute atomic E-state index is 0.0716. The second-order valence-corrected chi connectivity index (χ2v) is 6.12. The molecule has 3 nitrogen and oxygen atoms in total. The van der Waals surface area contributed by atoms with E-state index < -0.39 is 5.54 Å². The first-order valence-corrected chi connectivity index (χ1v) is 8.16. The average molecular weight is 311 g/mol. The molecule has 0 aromatic heterocycles. The van der Waals surface area contributed by atoms with Crippen LogP contribution < -0.4 is 5.73 Å². The molecule has 1 atom stereocenters. The molecule has 3 N–H and O–H groups in total. The molecule has 1 rings (SSSR count). The van der Waals surface area contributed by atoms with Crippen molar-refractivity contribution in [2.75, 3.05) is 27.0 Å². The fourth-order valence-corrected chi connectivity index (χ4v) is 2.53. The largest absolute Gasteiger partial charge is 0.394 e. The number of alkyl halides is 1. The van der Waals surface area contributed by atoms with E-state index in [0.717, 1.165) is 32.1 Å². The van der Waals surface area contributed by atoms with Crippen molar-refractivity contribution in [1.29, 1.82) is 0 Å². The molecule has 0 aliphatic rings. The van der Waals surface area contributed by atoms with Crippen molar-refractivity contribution in [1.82, 2.24) is 0 Å². The minimum Gasteiger partial charge on any atom is -0.394 e. The van der Waals surface area contributed by atoms with Crippen molar-refractivity contribution in [3.63, 3.8) is 0 Å². The second kappa shape index (κ2) is 10.7. The Morgan fingerprint density at radius 1 is 1.05 bits per heavy atom. The van der Waals surface area contributed by atoms with Crippen molar-refractivity contribution >= 4 is 0 Å². The van der Waals surface area contributed by atoms with E-state index in [1.165, 1.54) is 11.1 Å². The van der Waals surface area contributed by atoms with Crippen LogP contribution in [0.4, 0.5) is 4.39 Å². The summed E-state index contributed by atoms with van der Waals surface area (Å²) in [6.07, 6.45) is 6.45. The zero-order chi connectivity index (χ0) is 16.3. The van der Waals surface area contributed by atoms with Gasteiger partial charge in [-0.05, 0) is 43.2 Å². The second-order valence-electron chi connectivity index (χ2n) is 6.12. The third-order valence-electron chi connectivity index (χ3n) is 4.03. The molecule has 0 fully saturated rings. The lowest BCUT2D eigenvalue weighted by atomic mass is 9.93. The SMILES string of the molecule is COCC(N)(CO)CCc1ccc(CCCCCCF)cc1. The number of aryl methyl sites for hydroxylation is 2. The zero-order valence-corrected chi connectivity index (χ0v) is 13.7. The van der Waals surface area contributed by atoms with Gasteiger partial charge in [0.25, 0.3) is 0 Å². The van der Waals surface area contributed by atoms with E-state index >= 15 is 0 Å². The van der Waals surface area contributed by atoms with Crippen molar-refractivity contribution in [3.05, 3.63) is 35.4 Å². The van der Waals surface area contributed by atoms with Crippen LogP contribution in [0, 0.1) is 0 Å². The van der Waals surface area contributed by atoms with Crippen molar-refractivity contribution < 1.29 is 14.2 Å². The standard InChI is InChI=1S/C18H30FNO2/c1-22-15-18(20,14-21)12-11-17-9-7-16(8-10-17)6-4-2-3-5-13-19/h7-10,21H,2-6,11-15,20H2,1H3. The lowest BCUT2D eigenvalue weighted by Gasteiger charge is -2.26. The van der Waals surface area contributed by atoms with Crippen LogP contribution in [0.15, 0.2) is 24.3 Å². The fraction of sp³-hybridized carbons (Fsp3) is 0.667. The highest BCUT2D eigenvalue weighted by molar-refractivity contribution is 5.23. The highest BCUT2D eigenvalue weighted by atomic mass is 19.1. The Labute approximate surface area is 133 Å². The van der Waals surface area contributed by atoms with Gasteiger partial charge in [0.2, 0.25) is 0 Å². The normalized spacial score (nSPS) is 14.0. The molecule has 1 aromatic rings. The van der Waals surface area contributed by atoms with Crippen LogP contribution in [-0.2, 0) is 17.6 Å². The van der Waals surface area contributed by atoms with Gasteiger partial charge in [0.1, 0.15) is 0 Å². The molecule has 0 spiro atoms. The van der Waals surface area contributed by atoms with Crippen LogP contribution in [0.5, 0.6) is 0 Å². The first-order chi connectivity index (χ1) is 10.6. The predicted octanol–water partition coefficient (Wildman–Crippen LogP) is 3.03. The number of hydrogen-bond donors (Lipinski definition) is 2. The lowest BCUT2D eigenvalue weighted by Crippen LogP contribution is -2.48. The zero-order valence-electron chi connectivity index (χ0n) is 13.7. The van der Waals surface area contributed by atoms with Crippen LogP contribution in [0.3, 0.4) is 0 Å². The molecule has 4 heteroatoms. The van der Waals surface area contributed by atoms with Crippen LogP contribution in [-0.4, -0.2) is 37.6 Å². The van der Waals surface area contributed by atoms with Crippen LogP contribution in [0.25, 0.3) is 0 Å². The van der Waals surface area contributed by atoms with Gasteiger partial charge in [-0.2, -0.15) is 0 Å². The highest BCUT2D eigenvalue weighted by Gasteiger charge is 2.23. The summed E-state index contributed by atoms with van der Waals surface area (Å²) in [7, 11) is 1.60. The van der Waals surface area contributed by atoms with E-state index in [4.69, 9.17) is 10.5 Å². The average Bonchev–Trinajstić information content (AvgIpc) is 2.54. The third-order valence-corrected chi connectivity index (χ3v) is 4.03. The molecule has 0 aliphatic carbocycles.